The summed E-state index contributed by atoms with van der Waals surface area (Å²) in [7, 11) is 0. The van der Waals surface area contributed by atoms with Crippen LogP contribution in [0.15, 0.2) is 22.8 Å². The molecule has 0 aliphatic carbocycles. The molecule has 5 nitrogen and oxygen atoms in total. The quantitative estimate of drug-likeness (QED) is 0.704. The van der Waals surface area contributed by atoms with Crippen molar-refractivity contribution in [3.8, 4) is 0 Å². The Bertz CT molecular complexity index is 386. The van der Waals surface area contributed by atoms with E-state index in [4.69, 9.17) is 4.42 Å². The molecule has 0 fully saturated rings. The van der Waals surface area contributed by atoms with Crippen molar-refractivity contribution in [2.24, 2.45) is 0 Å². The third-order valence-corrected chi connectivity index (χ3v) is 3.05. The van der Waals surface area contributed by atoms with Crippen LogP contribution in [0, 0.1) is 0 Å². The summed E-state index contributed by atoms with van der Waals surface area (Å²) >= 11 is 0. The van der Waals surface area contributed by atoms with Gasteiger partial charge in [0.05, 0.1) is 6.26 Å². The number of hydrogen-bond donors (Lipinski definition) is 3. The third-order valence-electron chi connectivity index (χ3n) is 3.05. The fraction of sp³-hybridized carbons (Fsp3) is 0.643. The molecule has 1 rings (SSSR count). The first-order valence-corrected chi connectivity index (χ1v) is 6.61. The van der Waals surface area contributed by atoms with Gasteiger partial charge in [0.15, 0.2) is 0 Å². The number of carbonyl (C=O) groups excluding carboxylic acids is 1. The number of amides is 1. The first-order chi connectivity index (χ1) is 8.86. The van der Waals surface area contributed by atoms with E-state index in [1.54, 1.807) is 19.1 Å². The largest absolute Gasteiger partial charge is 0.467 e. The second-order valence-electron chi connectivity index (χ2n) is 5.17. The lowest BCUT2D eigenvalue weighted by Gasteiger charge is -2.25. The van der Waals surface area contributed by atoms with Crippen molar-refractivity contribution in [2.75, 3.05) is 0 Å². The van der Waals surface area contributed by atoms with Gasteiger partial charge in [-0.3, -0.25) is 4.79 Å². The van der Waals surface area contributed by atoms with Gasteiger partial charge in [0.25, 0.3) is 5.91 Å². The van der Waals surface area contributed by atoms with Crippen LogP contribution >= 0.6 is 0 Å². The molecule has 0 radical (unpaired) electrons. The number of furan rings is 1. The number of aliphatic hydroxyl groups is 2. The Morgan fingerprint density at radius 3 is 2.79 bits per heavy atom. The van der Waals surface area contributed by atoms with E-state index in [1.165, 1.54) is 13.2 Å². The molecular formula is C14H23NO4. The van der Waals surface area contributed by atoms with Crippen molar-refractivity contribution >= 4 is 5.91 Å². The van der Waals surface area contributed by atoms with E-state index in [0.29, 0.717) is 18.6 Å². The number of carbonyl (C=O) groups is 1. The predicted octanol–water partition coefficient (Wildman–Crippen LogP) is 1.76. The Morgan fingerprint density at radius 2 is 2.26 bits per heavy atom. The standard InChI is InChI=1S/C14H23NO4/c1-4-7-14(3,18)13(17)15-10(2)9-11(16)12-6-5-8-19-12/h5-6,8,10-11,16,18H,4,7,9H2,1-3H3,(H,15,17). The highest BCUT2D eigenvalue weighted by molar-refractivity contribution is 5.84. The van der Waals surface area contributed by atoms with Gasteiger partial charge in [-0.05, 0) is 32.4 Å². The Hall–Kier alpha value is -1.33. The van der Waals surface area contributed by atoms with Gasteiger partial charge in [-0.15, -0.1) is 0 Å². The Morgan fingerprint density at radius 1 is 1.58 bits per heavy atom. The maximum atomic E-state index is 11.9. The first kappa shape index (κ1) is 15.7. The Labute approximate surface area is 113 Å². The van der Waals surface area contributed by atoms with Crippen LogP contribution in [0.1, 0.15) is 51.9 Å². The smallest absolute Gasteiger partial charge is 0.251 e. The minimum atomic E-state index is -1.36. The summed E-state index contributed by atoms with van der Waals surface area (Å²) in [6.07, 6.45) is 2.20. The summed E-state index contributed by atoms with van der Waals surface area (Å²) in [5, 5.41) is 22.6. The zero-order valence-electron chi connectivity index (χ0n) is 11.7. The third kappa shape index (κ3) is 4.69. The molecule has 1 amide bonds. The monoisotopic (exact) mass is 269 g/mol. The van der Waals surface area contributed by atoms with Gasteiger partial charge in [0.1, 0.15) is 17.5 Å². The molecule has 0 saturated carbocycles. The zero-order valence-corrected chi connectivity index (χ0v) is 11.7. The summed E-state index contributed by atoms with van der Waals surface area (Å²) in [6, 6.07) is 3.14. The normalized spacial score (nSPS) is 17.5. The van der Waals surface area contributed by atoms with Gasteiger partial charge in [-0.25, -0.2) is 0 Å². The Kier molecular flexibility index (Phi) is 5.57. The molecule has 0 bridgehead atoms. The molecule has 3 atom stereocenters. The molecule has 108 valence electrons. The van der Waals surface area contributed by atoms with Crippen LogP contribution in [0.25, 0.3) is 0 Å². The van der Waals surface area contributed by atoms with Crippen LogP contribution in [-0.4, -0.2) is 27.8 Å². The second kappa shape index (κ2) is 6.73. The van der Waals surface area contributed by atoms with Crippen molar-refractivity contribution in [1.82, 2.24) is 5.32 Å². The predicted molar refractivity (Wildman–Crippen MR) is 71.4 cm³/mol. The average molecular weight is 269 g/mol. The van der Waals surface area contributed by atoms with Crippen molar-refractivity contribution < 1.29 is 19.4 Å². The van der Waals surface area contributed by atoms with E-state index in [2.05, 4.69) is 5.32 Å². The lowest BCUT2D eigenvalue weighted by molar-refractivity contribution is -0.139. The summed E-state index contributed by atoms with van der Waals surface area (Å²) in [5.74, 6) is 0.0647. The fourth-order valence-corrected chi connectivity index (χ4v) is 1.97. The van der Waals surface area contributed by atoms with Crippen molar-refractivity contribution in [3.05, 3.63) is 24.2 Å². The van der Waals surface area contributed by atoms with Gasteiger partial charge in [0.2, 0.25) is 0 Å². The fourth-order valence-electron chi connectivity index (χ4n) is 1.97. The van der Waals surface area contributed by atoms with Crippen LogP contribution in [-0.2, 0) is 4.79 Å². The molecule has 0 spiro atoms. The highest BCUT2D eigenvalue weighted by Gasteiger charge is 2.30. The molecule has 5 heteroatoms. The lowest BCUT2D eigenvalue weighted by Crippen LogP contribution is -2.47. The molecule has 1 heterocycles. The summed E-state index contributed by atoms with van der Waals surface area (Å²) in [5.41, 5.74) is -1.36. The van der Waals surface area contributed by atoms with Gasteiger partial charge >= 0.3 is 0 Å². The van der Waals surface area contributed by atoms with Crippen LogP contribution < -0.4 is 5.32 Å². The van der Waals surface area contributed by atoms with Crippen LogP contribution in [0.4, 0.5) is 0 Å². The van der Waals surface area contributed by atoms with E-state index in [1.807, 2.05) is 6.92 Å². The first-order valence-electron chi connectivity index (χ1n) is 6.61. The van der Waals surface area contributed by atoms with Gasteiger partial charge in [-0.2, -0.15) is 0 Å². The van der Waals surface area contributed by atoms with Crippen molar-refractivity contribution in [2.45, 2.75) is 57.8 Å². The van der Waals surface area contributed by atoms with E-state index >= 15 is 0 Å². The molecule has 0 saturated heterocycles. The zero-order chi connectivity index (χ0) is 14.5. The van der Waals surface area contributed by atoms with E-state index < -0.39 is 17.6 Å². The number of hydrogen-bond acceptors (Lipinski definition) is 4. The lowest BCUT2D eigenvalue weighted by atomic mass is 9.98. The molecule has 19 heavy (non-hydrogen) atoms. The molecule has 0 aliphatic rings. The maximum absolute atomic E-state index is 11.9. The molecular weight excluding hydrogens is 246 g/mol. The van der Waals surface area contributed by atoms with Crippen LogP contribution in [0.3, 0.4) is 0 Å². The molecule has 3 unspecified atom stereocenters. The minimum Gasteiger partial charge on any atom is -0.467 e. The van der Waals surface area contributed by atoms with E-state index in [9.17, 15) is 15.0 Å². The minimum absolute atomic E-state index is 0.254. The summed E-state index contributed by atoms with van der Waals surface area (Å²) in [4.78, 5) is 11.9. The summed E-state index contributed by atoms with van der Waals surface area (Å²) < 4.78 is 5.09. The molecule has 0 aromatic carbocycles. The molecule has 0 aliphatic heterocycles. The average Bonchev–Trinajstić information content (AvgIpc) is 2.81. The SMILES string of the molecule is CCCC(C)(O)C(=O)NC(C)CC(O)c1ccco1. The van der Waals surface area contributed by atoms with Crippen LogP contribution in [0.5, 0.6) is 0 Å². The topological polar surface area (TPSA) is 82.7 Å². The Balaban J connectivity index is 2.47. The van der Waals surface area contributed by atoms with Crippen LogP contribution in [0.2, 0.25) is 0 Å². The highest BCUT2D eigenvalue weighted by Crippen LogP contribution is 2.19. The van der Waals surface area contributed by atoms with Gasteiger partial charge in [-0.1, -0.05) is 13.3 Å². The number of aliphatic hydroxyl groups excluding tert-OH is 1. The number of rotatable bonds is 7. The summed E-state index contributed by atoms with van der Waals surface area (Å²) in [6.45, 7) is 5.19. The maximum Gasteiger partial charge on any atom is 0.251 e. The molecule has 3 N–H and O–H groups in total. The van der Waals surface area contributed by atoms with Crippen molar-refractivity contribution in [3.63, 3.8) is 0 Å². The second-order valence-corrected chi connectivity index (χ2v) is 5.17. The number of nitrogens with one attached hydrogen (secondary N) is 1. The van der Waals surface area contributed by atoms with E-state index in [-0.39, 0.29) is 6.04 Å². The van der Waals surface area contributed by atoms with Gasteiger partial charge in [0, 0.05) is 12.5 Å². The van der Waals surface area contributed by atoms with Crippen molar-refractivity contribution in [1.29, 1.82) is 0 Å². The molecule has 1 aromatic heterocycles. The van der Waals surface area contributed by atoms with E-state index in [0.717, 1.165) is 6.42 Å². The molecule has 1 aromatic rings. The van der Waals surface area contributed by atoms with Gasteiger partial charge < -0.3 is 19.9 Å². The highest BCUT2D eigenvalue weighted by atomic mass is 16.4.